The van der Waals surface area contributed by atoms with Crippen molar-refractivity contribution in [3.63, 3.8) is 0 Å². The predicted octanol–water partition coefficient (Wildman–Crippen LogP) is 3.37. The van der Waals surface area contributed by atoms with Crippen LogP contribution in [0.2, 0.25) is 0 Å². The Morgan fingerprint density at radius 3 is 3.05 bits per heavy atom. The molecule has 4 nitrogen and oxygen atoms in total. The fraction of sp³-hybridized carbons (Fsp3) is 0.562. The topological polar surface area (TPSA) is 47.6 Å². The van der Waals surface area contributed by atoms with E-state index in [0.29, 0.717) is 17.9 Å². The van der Waals surface area contributed by atoms with Crippen LogP contribution in [-0.4, -0.2) is 31.8 Å². The van der Waals surface area contributed by atoms with Gasteiger partial charge >= 0.3 is 5.97 Å². The number of hydrogen-bond acceptors (Lipinski definition) is 4. The Hall–Kier alpha value is -1.62. The van der Waals surface area contributed by atoms with Gasteiger partial charge in [0, 0.05) is 12.6 Å². The van der Waals surface area contributed by atoms with Crippen LogP contribution in [0.25, 0.3) is 0 Å². The lowest BCUT2D eigenvalue weighted by Crippen LogP contribution is -2.34. The number of methoxy groups -OCH3 is 1. The summed E-state index contributed by atoms with van der Waals surface area (Å²) in [7, 11) is 1.31. The van der Waals surface area contributed by atoms with Crippen molar-refractivity contribution in [2.45, 2.75) is 44.8 Å². The molecular formula is C16H22FNO3. The molecular weight excluding hydrogens is 273 g/mol. The first-order valence-corrected chi connectivity index (χ1v) is 7.40. The molecule has 0 aliphatic carbocycles. The molecule has 1 aromatic carbocycles. The lowest BCUT2D eigenvalue weighted by atomic mass is 9.99. The minimum Gasteiger partial charge on any atom is -0.465 e. The molecule has 21 heavy (non-hydrogen) atoms. The van der Waals surface area contributed by atoms with Crippen molar-refractivity contribution in [2.24, 2.45) is 0 Å². The molecule has 1 saturated heterocycles. The molecule has 1 aliphatic rings. The molecule has 2 atom stereocenters. The number of benzene rings is 1. The second-order valence-electron chi connectivity index (χ2n) is 5.33. The van der Waals surface area contributed by atoms with Gasteiger partial charge in [-0.25, -0.2) is 9.18 Å². The number of halogens is 1. The Morgan fingerprint density at radius 1 is 1.52 bits per heavy atom. The maximum Gasteiger partial charge on any atom is 0.337 e. The third-order valence-corrected chi connectivity index (χ3v) is 3.73. The number of nitrogens with one attached hydrogen (secondary N) is 1. The van der Waals surface area contributed by atoms with Gasteiger partial charge in [0.05, 0.1) is 24.5 Å². The van der Waals surface area contributed by atoms with Gasteiger partial charge in [0.2, 0.25) is 0 Å². The van der Waals surface area contributed by atoms with Crippen LogP contribution in [0.15, 0.2) is 18.2 Å². The molecule has 2 unspecified atom stereocenters. The predicted molar refractivity (Wildman–Crippen MR) is 79.0 cm³/mol. The van der Waals surface area contributed by atoms with Crippen molar-refractivity contribution in [1.82, 2.24) is 0 Å². The van der Waals surface area contributed by atoms with E-state index in [9.17, 15) is 9.18 Å². The average molecular weight is 295 g/mol. The molecule has 0 aromatic heterocycles. The minimum atomic E-state index is -0.464. The highest BCUT2D eigenvalue weighted by molar-refractivity contribution is 5.90. The van der Waals surface area contributed by atoms with Crippen molar-refractivity contribution in [1.29, 1.82) is 0 Å². The van der Waals surface area contributed by atoms with Crippen LogP contribution in [0.4, 0.5) is 10.1 Å². The number of ether oxygens (including phenoxy) is 2. The summed E-state index contributed by atoms with van der Waals surface area (Å²) in [4.78, 5) is 11.5. The molecule has 0 saturated carbocycles. The average Bonchev–Trinajstić information content (AvgIpc) is 2.49. The van der Waals surface area contributed by atoms with E-state index in [1.165, 1.54) is 25.3 Å². The summed E-state index contributed by atoms with van der Waals surface area (Å²) in [5.41, 5.74) is 0.693. The number of rotatable bonds is 5. The summed E-state index contributed by atoms with van der Waals surface area (Å²) in [5, 5.41) is 3.19. The third kappa shape index (κ3) is 4.17. The molecule has 1 aromatic rings. The van der Waals surface area contributed by atoms with E-state index in [1.807, 2.05) is 0 Å². The molecule has 1 aliphatic heterocycles. The van der Waals surface area contributed by atoms with Crippen LogP contribution in [0, 0.1) is 5.82 Å². The zero-order valence-electron chi connectivity index (χ0n) is 12.5. The molecule has 0 bridgehead atoms. The second kappa shape index (κ2) is 7.41. The number of carbonyl (C=O) groups excluding carboxylic acids is 1. The lowest BCUT2D eigenvalue weighted by molar-refractivity contribution is 0.00592. The number of carbonyl (C=O) groups is 1. The molecule has 1 fully saturated rings. The van der Waals surface area contributed by atoms with Gasteiger partial charge in [-0.1, -0.05) is 13.3 Å². The van der Waals surface area contributed by atoms with E-state index < -0.39 is 5.97 Å². The maximum atomic E-state index is 13.9. The van der Waals surface area contributed by atoms with Crippen molar-refractivity contribution in [3.8, 4) is 0 Å². The fourth-order valence-corrected chi connectivity index (χ4v) is 2.64. The number of anilines is 1. The van der Waals surface area contributed by atoms with Crippen molar-refractivity contribution >= 4 is 11.7 Å². The van der Waals surface area contributed by atoms with Crippen LogP contribution >= 0.6 is 0 Å². The summed E-state index contributed by atoms with van der Waals surface area (Å²) in [6.45, 7) is 2.81. The molecule has 2 rings (SSSR count). The molecule has 5 heteroatoms. The van der Waals surface area contributed by atoms with E-state index in [2.05, 4.69) is 17.0 Å². The Kier molecular flexibility index (Phi) is 5.56. The van der Waals surface area contributed by atoms with E-state index >= 15 is 0 Å². The molecule has 0 spiro atoms. The maximum absolute atomic E-state index is 13.9. The van der Waals surface area contributed by atoms with Crippen LogP contribution in [0.1, 0.15) is 43.0 Å². The highest BCUT2D eigenvalue weighted by Gasteiger charge is 2.23. The zero-order valence-corrected chi connectivity index (χ0v) is 12.5. The van der Waals surface area contributed by atoms with Crippen molar-refractivity contribution in [3.05, 3.63) is 29.6 Å². The molecule has 116 valence electrons. The monoisotopic (exact) mass is 295 g/mol. The normalized spacial score (nSPS) is 21.9. The molecule has 1 heterocycles. The summed E-state index contributed by atoms with van der Waals surface area (Å²) >= 11 is 0. The first kappa shape index (κ1) is 15.8. The van der Waals surface area contributed by atoms with Crippen molar-refractivity contribution in [2.75, 3.05) is 19.0 Å². The third-order valence-electron chi connectivity index (χ3n) is 3.73. The molecule has 0 radical (unpaired) electrons. The van der Waals surface area contributed by atoms with Gasteiger partial charge in [0.25, 0.3) is 0 Å². The standard InChI is InChI=1S/C16H22FNO3/c1-3-4-13-10-12(7-8-21-13)18-15-9-11(16(19)20-2)5-6-14(15)17/h5-6,9,12-13,18H,3-4,7-8,10H2,1-2H3. The van der Waals surface area contributed by atoms with Crippen LogP contribution in [0.3, 0.4) is 0 Å². The van der Waals surface area contributed by atoms with Gasteiger partial charge in [0.1, 0.15) is 5.82 Å². The molecule has 1 N–H and O–H groups in total. The second-order valence-corrected chi connectivity index (χ2v) is 5.33. The quantitative estimate of drug-likeness (QED) is 0.846. The Balaban J connectivity index is 2.06. The fourth-order valence-electron chi connectivity index (χ4n) is 2.64. The summed E-state index contributed by atoms with van der Waals surface area (Å²) in [6, 6.07) is 4.39. The smallest absolute Gasteiger partial charge is 0.337 e. The highest BCUT2D eigenvalue weighted by Crippen LogP contribution is 2.24. The Morgan fingerprint density at radius 2 is 2.33 bits per heavy atom. The zero-order chi connectivity index (χ0) is 15.2. The Bertz CT molecular complexity index is 490. The van der Waals surface area contributed by atoms with Gasteiger partial charge < -0.3 is 14.8 Å². The first-order valence-electron chi connectivity index (χ1n) is 7.40. The van der Waals surface area contributed by atoms with E-state index in [4.69, 9.17) is 4.74 Å². The summed E-state index contributed by atoms with van der Waals surface area (Å²) in [5.74, 6) is -0.824. The van der Waals surface area contributed by atoms with Crippen LogP contribution in [0.5, 0.6) is 0 Å². The van der Waals surface area contributed by atoms with E-state index in [1.54, 1.807) is 0 Å². The summed E-state index contributed by atoms with van der Waals surface area (Å²) in [6.07, 6.45) is 4.01. The van der Waals surface area contributed by atoms with Gasteiger partial charge in [0.15, 0.2) is 0 Å². The lowest BCUT2D eigenvalue weighted by Gasteiger charge is -2.30. The van der Waals surface area contributed by atoms with Gasteiger partial charge in [-0.2, -0.15) is 0 Å². The van der Waals surface area contributed by atoms with E-state index in [-0.39, 0.29) is 18.0 Å². The van der Waals surface area contributed by atoms with E-state index in [0.717, 1.165) is 25.7 Å². The molecule has 0 amide bonds. The Labute approximate surface area is 124 Å². The number of hydrogen-bond donors (Lipinski definition) is 1. The van der Waals surface area contributed by atoms with Gasteiger partial charge in [-0.3, -0.25) is 0 Å². The summed E-state index contributed by atoms with van der Waals surface area (Å²) < 4.78 is 24.2. The van der Waals surface area contributed by atoms with Gasteiger partial charge in [-0.05, 0) is 37.5 Å². The van der Waals surface area contributed by atoms with Gasteiger partial charge in [-0.15, -0.1) is 0 Å². The number of esters is 1. The first-order chi connectivity index (χ1) is 10.1. The largest absolute Gasteiger partial charge is 0.465 e. The SMILES string of the molecule is CCCC1CC(Nc2cc(C(=O)OC)ccc2F)CCO1. The van der Waals surface area contributed by atoms with Crippen LogP contribution < -0.4 is 5.32 Å². The highest BCUT2D eigenvalue weighted by atomic mass is 19.1. The van der Waals surface area contributed by atoms with Crippen molar-refractivity contribution < 1.29 is 18.7 Å². The van der Waals surface area contributed by atoms with Crippen LogP contribution in [-0.2, 0) is 9.47 Å². The minimum absolute atomic E-state index is 0.165.